The molecule has 0 bridgehead atoms. The first kappa shape index (κ1) is 9.27. The Morgan fingerprint density at radius 1 is 1.33 bits per heavy atom. The molecule has 0 aliphatic heterocycles. The lowest BCUT2D eigenvalue weighted by atomic mass is 10.0. The third kappa shape index (κ3) is 2.35. The summed E-state index contributed by atoms with van der Waals surface area (Å²) in [6.45, 7) is 2.07. The summed E-state index contributed by atoms with van der Waals surface area (Å²) in [5.74, 6) is 0. The molecule has 0 radical (unpaired) electrons. The average molecular weight is 183 g/mol. The van der Waals surface area contributed by atoms with E-state index in [4.69, 9.17) is 11.6 Å². The molecule has 0 heterocycles. The molecule has 0 aliphatic carbocycles. The molecule has 0 aromatic heterocycles. The van der Waals surface area contributed by atoms with Crippen LogP contribution in [0.1, 0.15) is 18.1 Å². The van der Waals surface area contributed by atoms with Crippen LogP contribution >= 0.6 is 11.6 Å². The van der Waals surface area contributed by atoms with Gasteiger partial charge in [0.1, 0.15) is 0 Å². The minimum Gasteiger partial charge on any atom is -0.281 e. The van der Waals surface area contributed by atoms with Crippen molar-refractivity contribution in [2.24, 2.45) is 0 Å². The van der Waals surface area contributed by atoms with Crippen molar-refractivity contribution in [3.63, 3.8) is 0 Å². The van der Waals surface area contributed by atoms with Crippen LogP contribution in [-0.2, 0) is 17.6 Å². The molecule has 0 aliphatic rings. The third-order valence-corrected chi connectivity index (χ3v) is 1.96. The lowest BCUT2D eigenvalue weighted by molar-refractivity contribution is -0.111. The van der Waals surface area contributed by atoms with Gasteiger partial charge in [0, 0.05) is 6.42 Å². The van der Waals surface area contributed by atoms with Crippen LogP contribution in [0.4, 0.5) is 0 Å². The Morgan fingerprint density at radius 3 is 2.42 bits per heavy atom. The van der Waals surface area contributed by atoms with E-state index in [0.717, 1.165) is 12.0 Å². The van der Waals surface area contributed by atoms with Crippen LogP contribution in [0.25, 0.3) is 0 Å². The smallest absolute Gasteiger partial charge is 0.226 e. The molecule has 0 saturated carbocycles. The fraction of sp³-hybridized carbons (Fsp3) is 0.300. The van der Waals surface area contributed by atoms with Crippen LogP contribution in [0.3, 0.4) is 0 Å². The van der Waals surface area contributed by atoms with Crippen molar-refractivity contribution in [1.82, 2.24) is 0 Å². The molecule has 0 amide bonds. The second kappa shape index (κ2) is 4.27. The molecule has 0 unspecified atom stereocenters. The van der Waals surface area contributed by atoms with Gasteiger partial charge in [-0.25, -0.2) is 0 Å². The van der Waals surface area contributed by atoms with Gasteiger partial charge in [-0.2, -0.15) is 0 Å². The molecule has 1 aromatic rings. The Kier molecular flexibility index (Phi) is 3.30. The summed E-state index contributed by atoms with van der Waals surface area (Å²) in [7, 11) is 0. The van der Waals surface area contributed by atoms with Crippen LogP contribution in [0, 0.1) is 0 Å². The zero-order valence-corrected chi connectivity index (χ0v) is 7.77. The fourth-order valence-electron chi connectivity index (χ4n) is 1.22. The van der Waals surface area contributed by atoms with Gasteiger partial charge in [-0.1, -0.05) is 31.2 Å². The Balaban J connectivity index is 2.89. The molecule has 0 saturated heterocycles. The predicted molar refractivity (Wildman–Crippen MR) is 50.4 cm³/mol. The molecule has 12 heavy (non-hydrogen) atoms. The second-order valence-corrected chi connectivity index (χ2v) is 3.08. The van der Waals surface area contributed by atoms with Gasteiger partial charge in [0.05, 0.1) is 0 Å². The van der Waals surface area contributed by atoms with E-state index >= 15 is 0 Å². The highest BCUT2D eigenvalue weighted by Gasteiger charge is 2.02. The number of hydrogen-bond donors (Lipinski definition) is 0. The number of carbonyl (C=O) groups is 1. The first-order chi connectivity index (χ1) is 5.74. The number of carbonyl (C=O) groups excluding carboxylic acids is 1. The van der Waals surface area contributed by atoms with Crippen molar-refractivity contribution in [3.05, 3.63) is 35.4 Å². The summed E-state index contributed by atoms with van der Waals surface area (Å²) in [4.78, 5) is 10.6. The zero-order chi connectivity index (χ0) is 8.97. The maximum Gasteiger partial charge on any atom is 0.226 e. The number of rotatable bonds is 3. The largest absolute Gasteiger partial charge is 0.281 e. The molecule has 0 fully saturated rings. The van der Waals surface area contributed by atoms with Crippen molar-refractivity contribution < 1.29 is 4.79 Å². The van der Waals surface area contributed by atoms with E-state index in [0.29, 0.717) is 6.42 Å². The van der Waals surface area contributed by atoms with Gasteiger partial charge in [0.25, 0.3) is 0 Å². The summed E-state index contributed by atoms with van der Waals surface area (Å²) in [6.07, 6.45) is 1.28. The van der Waals surface area contributed by atoms with Gasteiger partial charge in [0.15, 0.2) is 0 Å². The van der Waals surface area contributed by atoms with E-state index in [1.165, 1.54) is 5.56 Å². The fourth-order valence-corrected chi connectivity index (χ4v) is 1.37. The van der Waals surface area contributed by atoms with Gasteiger partial charge in [-0.05, 0) is 29.1 Å². The molecular formula is C10H11ClO. The summed E-state index contributed by atoms with van der Waals surface area (Å²) in [5.41, 5.74) is 2.24. The first-order valence-electron chi connectivity index (χ1n) is 3.99. The Hall–Kier alpha value is -0.820. The summed E-state index contributed by atoms with van der Waals surface area (Å²) >= 11 is 5.30. The van der Waals surface area contributed by atoms with E-state index in [1.54, 1.807) is 0 Å². The van der Waals surface area contributed by atoms with Gasteiger partial charge >= 0.3 is 0 Å². The second-order valence-electron chi connectivity index (χ2n) is 2.65. The van der Waals surface area contributed by atoms with Gasteiger partial charge in [-0.15, -0.1) is 0 Å². The normalized spacial score (nSPS) is 9.83. The van der Waals surface area contributed by atoms with Gasteiger partial charge < -0.3 is 0 Å². The van der Waals surface area contributed by atoms with E-state index < -0.39 is 0 Å². The Morgan fingerprint density at radius 2 is 1.92 bits per heavy atom. The first-order valence-corrected chi connectivity index (χ1v) is 4.37. The highest BCUT2D eigenvalue weighted by Crippen LogP contribution is 2.10. The quantitative estimate of drug-likeness (QED) is 0.657. The molecule has 0 N–H and O–H groups in total. The number of aryl methyl sites for hydroxylation is 1. The monoisotopic (exact) mass is 182 g/mol. The Bertz CT molecular complexity index is 281. The molecule has 1 nitrogen and oxygen atoms in total. The third-order valence-electron chi connectivity index (χ3n) is 1.83. The molecular weight excluding hydrogens is 172 g/mol. The minimum absolute atomic E-state index is 0.295. The summed E-state index contributed by atoms with van der Waals surface area (Å²) in [5, 5.41) is -0.295. The Labute approximate surface area is 77.4 Å². The SMILES string of the molecule is CCc1ccccc1CC(=O)Cl. The highest BCUT2D eigenvalue weighted by molar-refractivity contribution is 6.63. The van der Waals surface area contributed by atoms with E-state index in [-0.39, 0.29) is 5.24 Å². The van der Waals surface area contributed by atoms with Crippen LogP contribution in [0.5, 0.6) is 0 Å². The maximum absolute atomic E-state index is 10.6. The lowest BCUT2D eigenvalue weighted by Crippen LogP contribution is -1.97. The van der Waals surface area contributed by atoms with Crippen LogP contribution in [0.15, 0.2) is 24.3 Å². The molecule has 0 spiro atoms. The van der Waals surface area contributed by atoms with E-state index in [9.17, 15) is 4.79 Å². The molecule has 0 atom stereocenters. The van der Waals surface area contributed by atoms with Gasteiger partial charge in [-0.3, -0.25) is 4.79 Å². The van der Waals surface area contributed by atoms with Crippen molar-refractivity contribution in [2.75, 3.05) is 0 Å². The summed E-state index contributed by atoms with van der Waals surface area (Å²) < 4.78 is 0. The summed E-state index contributed by atoms with van der Waals surface area (Å²) in [6, 6.07) is 7.86. The van der Waals surface area contributed by atoms with Crippen LogP contribution in [0.2, 0.25) is 0 Å². The van der Waals surface area contributed by atoms with Crippen molar-refractivity contribution in [1.29, 1.82) is 0 Å². The number of hydrogen-bond acceptors (Lipinski definition) is 1. The highest BCUT2D eigenvalue weighted by atomic mass is 35.5. The van der Waals surface area contributed by atoms with Gasteiger partial charge in [0.2, 0.25) is 5.24 Å². The number of halogens is 1. The van der Waals surface area contributed by atoms with Crippen molar-refractivity contribution in [3.8, 4) is 0 Å². The number of benzene rings is 1. The molecule has 1 aromatic carbocycles. The lowest BCUT2D eigenvalue weighted by Gasteiger charge is -2.03. The zero-order valence-electron chi connectivity index (χ0n) is 7.01. The molecule has 2 heteroatoms. The van der Waals surface area contributed by atoms with Crippen molar-refractivity contribution in [2.45, 2.75) is 19.8 Å². The van der Waals surface area contributed by atoms with E-state index in [1.807, 2.05) is 24.3 Å². The standard InChI is InChI=1S/C10H11ClO/c1-2-8-5-3-4-6-9(8)7-10(11)12/h3-6H,2,7H2,1H3. The van der Waals surface area contributed by atoms with Crippen LogP contribution in [-0.4, -0.2) is 5.24 Å². The van der Waals surface area contributed by atoms with Crippen LogP contribution < -0.4 is 0 Å². The topological polar surface area (TPSA) is 17.1 Å². The van der Waals surface area contributed by atoms with E-state index in [2.05, 4.69) is 6.92 Å². The van der Waals surface area contributed by atoms with Crippen molar-refractivity contribution >= 4 is 16.8 Å². The molecule has 64 valence electrons. The molecule has 1 rings (SSSR count). The average Bonchev–Trinajstić information content (AvgIpc) is 2.04. The predicted octanol–water partition coefficient (Wildman–Crippen LogP) is 2.56. The maximum atomic E-state index is 10.6. The minimum atomic E-state index is -0.295.